The standard InChI is InChI=1S/C31H38ClN3O4S2/c1-7-28(30(37)33-31(3,4)5)34(20-23-10-12-24(32)13-11-23)29(36)21-35(25-14-8-22(2)9-15-25)41(38,39)27-18-16-26(40-6)17-19-27/h8-19,28H,7,20-21H2,1-6H3,(H,33,37)/t28-/m0/s1. The fraction of sp³-hybridized carbons (Fsp3) is 0.355. The Morgan fingerprint density at radius 3 is 2.05 bits per heavy atom. The quantitative estimate of drug-likeness (QED) is 0.256. The summed E-state index contributed by atoms with van der Waals surface area (Å²) in [6.07, 6.45) is 2.25. The van der Waals surface area contributed by atoms with E-state index >= 15 is 0 Å². The van der Waals surface area contributed by atoms with Gasteiger partial charge in [0, 0.05) is 22.0 Å². The highest BCUT2D eigenvalue weighted by Gasteiger charge is 2.34. The van der Waals surface area contributed by atoms with Crippen LogP contribution in [0.5, 0.6) is 0 Å². The molecule has 1 atom stereocenters. The summed E-state index contributed by atoms with van der Waals surface area (Å²) in [7, 11) is -4.12. The van der Waals surface area contributed by atoms with Crippen LogP contribution in [0, 0.1) is 6.92 Å². The molecular formula is C31H38ClN3O4S2. The number of carbonyl (C=O) groups excluding carboxylic acids is 2. The van der Waals surface area contributed by atoms with Crippen molar-refractivity contribution in [2.24, 2.45) is 0 Å². The van der Waals surface area contributed by atoms with Gasteiger partial charge in [-0.1, -0.05) is 48.4 Å². The van der Waals surface area contributed by atoms with Gasteiger partial charge in [0.25, 0.3) is 10.0 Å². The molecule has 41 heavy (non-hydrogen) atoms. The van der Waals surface area contributed by atoms with Gasteiger partial charge in [0.15, 0.2) is 0 Å². The summed E-state index contributed by atoms with van der Waals surface area (Å²) in [5.74, 6) is -0.805. The number of amides is 2. The Bertz CT molecular complexity index is 1440. The minimum absolute atomic E-state index is 0.0745. The van der Waals surface area contributed by atoms with Gasteiger partial charge < -0.3 is 10.2 Å². The molecule has 0 aliphatic heterocycles. The molecule has 0 spiro atoms. The molecule has 7 nitrogen and oxygen atoms in total. The molecule has 0 saturated carbocycles. The van der Waals surface area contributed by atoms with E-state index < -0.39 is 34.1 Å². The van der Waals surface area contributed by atoms with Crippen molar-refractivity contribution in [3.8, 4) is 0 Å². The van der Waals surface area contributed by atoms with E-state index in [4.69, 9.17) is 11.6 Å². The van der Waals surface area contributed by atoms with Gasteiger partial charge in [0.05, 0.1) is 10.6 Å². The molecule has 0 heterocycles. The minimum Gasteiger partial charge on any atom is -0.350 e. The number of aryl methyl sites for hydroxylation is 1. The van der Waals surface area contributed by atoms with Gasteiger partial charge in [-0.2, -0.15) is 0 Å². The van der Waals surface area contributed by atoms with Crippen LogP contribution < -0.4 is 9.62 Å². The van der Waals surface area contributed by atoms with Crippen molar-refractivity contribution in [3.05, 3.63) is 88.9 Å². The maximum atomic E-state index is 14.1. The predicted octanol–water partition coefficient (Wildman–Crippen LogP) is 6.29. The highest BCUT2D eigenvalue weighted by Crippen LogP contribution is 2.27. The zero-order chi connectivity index (χ0) is 30.4. The van der Waals surface area contributed by atoms with E-state index in [1.54, 1.807) is 72.8 Å². The number of hydrogen-bond donors (Lipinski definition) is 1. The Labute approximate surface area is 253 Å². The summed E-state index contributed by atoms with van der Waals surface area (Å²) in [6, 6.07) is 19.7. The third-order valence-electron chi connectivity index (χ3n) is 6.40. The summed E-state index contributed by atoms with van der Waals surface area (Å²) >= 11 is 7.59. The smallest absolute Gasteiger partial charge is 0.264 e. The van der Waals surface area contributed by atoms with Gasteiger partial charge in [0.1, 0.15) is 12.6 Å². The number of carbonyl (C=O) groups is 2. The Balaban J connectivity index is 2.06. The van der Waals surface area contributed by atoms with Crippen molar-refractivity contribution in [1.29, 1.82) is 0 Å². The average Bonchev–Trinajstić information content (AvgIpc) is 2.92. The molecule has 0 aliphatic carbocycles. The minimum atomic E-state index is -4.12. The second-order valence-electron chi connectivity index (χ2n) is 10.8. The van der Waals surface area contributed by atoms with Crippen LogP contribution in [0.3, 0.4) is 0 Å². The third-order valence-corrected chi connectivity index (χ3v) is 9.18. The fourth-order valence-corrected chi connectivity index (χ4v) is 6.22. The van der Waals surface area contributed by atoms with Gasteiger partial charge in [-0.15, -0.1) is 11.8 Å². The van der Waals surface area contributed by atoms with Crippen LogP contribution in [0.4, 0.5) is 5.69 Å². The maximum Gasteiger partial charge on any atom is 0.264 e. The van der Waals surface area contributed by atoms with Crippen molar-refractivity contribution in [2.75, 3.05) is 17.1 Å². The number of halogens is 1. The second kappa shape index (κ2) is 13.8. The van der Waals surface area contributed by atoms with Crippen molar-refractivity contribution < 1.29 is 18.0 Å². The lowest BCUT2D eigenvalue weighted by atomic mass is 10.1. The zero-order valence-corrected chi connectivity index (χ0v) is 26.7. The number of nitrogens with one attached hydrogen (secondary N) is 1. The number of thioether (sulfide) groups is 1. The molecule has 10 heteroatoms. The molecule has 0 fully saturated rings. The van der Waals surface area contributed by atoms with Gasteiger partial charge in [-0.25, -0.2) is 8.42 Å². The first-order valence-electron chi connectivity index (χ1n) is 13.3. The Kier molecular flexibility index (Phi) is 10.9. The topological polar surface area (TPSA) is 86.8 Å². The molecule has 0 unspecified atom stereocenters. The van der Waals surface area contributed by atoms with Crippen LogP contribution in [0.15, 0.2) is 82.6 Å². The largest absolute Gasteiger partial charge is 0.350 e. The number of benzene rings is 3. The van der Waals surface area contributed by atoms with E-state index in [0.717, 1.165) is 20.3 Å². The number of sulfonamides is 1. The first-order valence-corrected chi connectivity index (χ1v) is 16.4. The monoisotopic (exact) mass is 615 g/mol. The van der Waals surface area contributed by atoms with Crippen LogP contribution in [0.1, 0.15) is 45.2 Å². The lowest BCUT2D eigenvalue weighted by molar-refractivity contribution is -0.141. The van der Waals surface area contributed by atoms with Crippen molar-refractivity contribution >= 4 is 50.9 Å². The highest BCUT2D eigenvalue weighted by atomic mass is 35.5. The number of nitrogens with zero attached hydrogens (tertiary/aromatic N) is 2. The van der Waals surface area contributed by atoms with Crippen LogP contribution in [-0.2, 0) is 26.2 Å². The Morgan fingerprint density at radius 2 is 1.54 bits per heavy atom. The molecule has 220 valence electrons. The van der Waals surface area contributed by atoms with E-state index in [-0.39, 0.29) is 17.3 Å². The fourth-order valence-electron chi connectivity index (χ4n) is 4.27. The number of hydrogen-bond acceptors (Lipinski definition) is 5. The number of anilines is 1. The highest BCUT2D eigenvalue weighted by molar-refractivity contribution is 7.98. The van der Waals surface area contributed by atoms with Crippen LogP contribution in [-0.4, -0.2) is 49.5 Å². The first-order chi connectivity index (χ1) is 19.2. The van der Waals surface area contributed by atoms with Crippen LogP contribution in [0.2, 0.25) is 5.02 Å². The van der Waals surface area contributed by atoms with Crippen LogP contribution >= 0.6 is 23.4 Å². The molecule has 0 radical (unpaired) electrons. The molecule has 0 saturated heterocycles. The summed E-state index contributed by atoms with van der Waals surface area (Å²) in [6.45, 7) is 8.98. The van der Waals surface area contributed by atoms with Crippen molar-refractivity contribution in [3.63, 3.8) is 0 Å². The second-order valence-corrected chi connectivity index (χ2v) is 14.0. The van der Waals surface area contributed by atoms with Gasteiger partial charge in [-0.05, 0) is 94.5 Å². The van der Waals surface area contributed by atoms with E-state index in [1.165, 1.54) is 16.7 Å². The van der Waals surface area contributed by atoms with E-state index in [2.05, 4.69) is 5.32 Å². The zero-order valence-electron chi connectivity index (χ0n) is 24.3. The molecule has 3 rings (SSSR count). The summed E-state index contributed by atoms with van der Waals surface area (Å²) in [5, 5.41) is 3.52. The van der Waals surface area contributed by atoms with Gasteiger partial charge >= 0.3 is 0 Å². The normalized spacial score (nSPS) is 12.5. The number of rotatable bonds is 11. The van der Waals surface area contributed by atoms with E-state index in [9.17, 15) is 18.0 Å². The molecule has 2 amide bonds. The molecular weight excluding hydrogens is 578 g/mol. The maximum absolute atomic E-state index is 14.1. The summed E-state index contributed by atoms with van der Waals surface area (Å²) in [4.78, 5) is 30.0. The lowest BCUT2D eigenvalue weighted by Gasteiger charge is -2.34. The van der Waals surface area contributed by atoms with Crippen molar-refractivity contribution in [1.82, 2.24) is 10.2 Å². The molecule has 0 bridgehead atoms. The Hall–Kier alpha value is -3.01. The molecule has 0 aliphatic rings. The molecule has 3 aromatic rings. The van der Waals surface area contributed by atoms with E-state index in [0.29, 0.717) is 17.1 Å². The van der Waals surface area contributed by atoms with Crippen molar-refractivity contribution in [2.45, 2.75) is 69.0 Å². The van der Waals surface area contributed by atoms with E-state index in [1.807, 2.05) is 40.9 Å². The van der Waals surface area contributed by atoms with Gasteiger partial charge in [-0.3, -0.25) is 13.9 Å². The first kappa shape index (κ1) is 32.5. The third kappa shape index (κ3) is 8.74. The molecule has 3 aromatic carbocycles. The average molecular weight is 616 g/mol. The lowest BCUT2D eigenvalue weighted by Crippen LogP contribution is -2.55. The molecule has 0 aromatic heterocycles. The van der Waals surface area contributed by atoms with Crippen LogP contribution in [0.25, 0.3) is 0 Å². The van der Waals surface area contributed by atoms with Gasteiger partial charge in [0.2, 0.25) is 11.8 Å². The summed E-state index contributed by atoms with van der Waals surface area (Å²) < 4.78 is 29.1. The molecule has 1 N–H and O–H groups in total. The SMILES string of the molecule is CC[C@@H](C(=O)NC(C)(C)C)N(Cc1ccc(Cl)cc1)C(=O)CN(c1ccc(C)cc1)S(=O)(=O)c1ccc(SC)cc1. The summed E-state index contributed by atoms with van der Waals surface area (Å²) in [5.41, 5.74) is 1.56. The predicted molar refractivity (Wildman–Crippen MR) is 168 cm³/mol. The Morgan fingerprint density at radius 1 is 0.951 bits per heavy atom.